The summed E-state index contributed by atoms with van der Waals surface area (Å²) in [6, 6.07) is 0. The van der Waals surface area contributed by atoms with Crippen molar-refractivity contribution in [2.24, 2.45) is 0 Å². The first-order valence-electron chi connectivity index (χ1n) is 6.47. The fourth-order valence-corrected chi connectivity index (χ4v) is 2.01. The monoisotopic (exact) mass is 293 g/mol. The highest BCUT2D eigenvalue weighted by Crippen LogP contribution is 2.12. The third-order valence-electron chi connectivity index (χ3n) is 2.47. The second kappa shape index (κ2) is 6.99. The standard InChI is InChI=1S/C12H19N7S/c1-4-5-13-10-16-11(18-12(17-10)19(2)3)14-6-9-7-20-8-15-9/h7-8H,4-6H2,1-3H3,(H2,13,14,16,17,18). The zero-order chi connectivity index (χ0) is 14.4. The Labute approximate surface area is 122 Å². The van der Waals surface area contributed by atoms with E-state index in [9.17, 15) is 0 Å². The van der Waals surface area contributed by atoms with Crippen molar-refractivity contribution in [3.8, 4) is 0 Å². The molecule has 0 bridgehead atoms. The van der Waals surface area contributed by atoms with E-state index in [2.05, 4.69) is 37.5 Å². The van der Waals surface area contributed by atoms with Crippen molar-refractivity contribution < 1.29 is 0 Å². The number of anilines is 3. The van der Waals surface area contributed by atoms with Crippen molar-refractivity contribution in [1.82, 2.24) is 19.9 Å². The van der Waals surface area contributed by atoms with E-state index in [4.69, 9.17) is 0 Å². The lowest BCUT2D eigenvalue weighted by atomic mass is 10.5. The molecular weight excluding hydrogens is 274 g/mol. The summed E-state index contributed by atoms with van der Waals surface area (Å²) < 4.78 is 0. The summed E-state index contributed by atoms with van der Waals surface area (Å²) in [6.45, 7) is 3.54. The highest BCUT2D eigenvalue weighted by Gasteiger charge is 2.08. The molecule has 0 aliphatic heterocycles. The molecule has 0 saturated heterocycles. The lowest BCUT2D eigenvalue weighted by Crippen LogP contribution is -2.17. The fourth-order valence-electron chi connectivity index (χ4n) is 1.45. The molecule has 0 amide bonds. The maximum absolute atomic E-state index is 4.37. The Morgan fingerprint density at radius 1 is 1.15 bits per heavy atom. The predicted octanol–water partition coefficient (Wildman–Crippen LogP) is 1.83. The molecule has 0 aliphatic carbocycles. The van der Waals surface area contributed by atoms with Gasteiger partial charge in [-0.25, -0.2) is 4.98 Å². The molecule has 0 saturated carbocycles. The molecule has 0 spiro atoms. The molecule has 0 fully saturated rings. The van der Waals surface area contributed by atoms with Crippen molar-refractivity contribution in [3.63, 3.8) is 0 Å². The largest absolute Gasteiger partial charge is 0.354 e. The average molecular weight is 293 g/mol. The lowest BCUT2D eigenvalue weighted by molar-refractivity contribution is 0.907. The summed E-state index contributed by atoms with van der Waals surface area (Å²) in [5.41, 5.74) is 2.79. The van der Waals surface area contributed by atoms with E-state index in [0.29, 0.717) is 24.4 Å². The normalized spacial score (nSPS) is 10.3. The minimum absolute atomic E-state index is 0.551. The summed E-state index contributed by atoms with van der Waals surface area (Å²) in [5, 5.41) is 8.35. The van der Waals surface area contributed by atoms with Gasteiger partial charge in [-0.2, -0.15) is 15.0 Å². The van der Waals surface area contributed by atoms with E-state index in [1.807, 2.05) is 29.9 Å². The van der Waals surface area contributed by atoms with Gasteiger partial charge in [0.2, 0.25) is 17.8 Å². The van der Waals surface area contributed by atoms with E-state index in [-0.39, 0.29) is 0 Å². The maximum atomic E-state index is 4.37. The molecule has 0 aromatic carbocycles. The van der Waals surface area contributed by atoms with Gasteiger partial charge in [-0.3, -0.25) is 0 Å². The number of nitrogens with one attached hydrogen (secondary N) is 2. The Morgan fingerprint density at radius 2 is 1.90 bits per heavy atom. The SMILES string of the molecule is CCCNc1nc(NCc2cscn2)nc(N(C)C)n1. The molecular formula is C12H19N7S. The second-order valence-corrected chi connectivity index (χ2v) is 5.16. The van der Waals surface area contributed by atoms with Gasteiger partial charge in [0.15, 0.2) is 0 Å². The van der Waals surface area contributed by atoms with Crippen molar-refractivity contribution in [3.05, 3.63) is 16.6 Å². The summed E-state index contributed by atoms with van der Waals surface area (Å²) >= 11 is 1.57. The van der Waals surface area contributed by atoms with Gasteiger partial charge in [0, 0.05) is 26.0 Å². The van der Waals surface area contributed by atoms with Crippen LogP contribution >= 0.6 is 11.3 Å². The fraction of sp³-hybridized carbons (Fsp3) is 0.500. The van der Waals surface area contributed by atoms with Crippen LogP contribution in [0.2, 0.25) is 0 Å². The Morgan fingerprint density at radius 3 is 2.50 bits per heavy atom. The van der Waals surface area contributed by atoms with Gasteiger partial charge in [-0.05, 0) is 6.42 Å². The number of aromatic nitrogens is 4. The summed E-state index contributed by atoms with van der Waals surface area (Å²) in [5.74, 6) is 1.76. The van der Waals surface area contributed by atoms with Gasteiger partial charge in [0.05, 0.1) is 17.7 Å². The maximum Gasteiger partial charge on any atom is 0.231 e. The van der Waals surface area contributed by atoms with Crippen LogP contribution in [0.15, 0.2) is 10.9 Å². The quantitative estimate of drug-likeness (QED) is 0.806. The van der Waals surface area contributed by atoms with Crippen LogP contribution in [0.1, 0.15) is 19.0 Å². The Bertz CT molecular complexity index is 527. The van der Waals surface area contributed by atoms with E-state index in [0.717, 1.165) is 18.7 Å². The summed E-state index contributed by atoms with van der Waals surface area (Å²) in [7, 11) is 3.81. The molecule has 7 nitrogen and oxygen atoms in total. The van der Waals surface area contributed by atoms with E-state index in [1.165, 1.54) is 0 Å². The van der Waals surface area contributed by atoms with Crippen LogP contribution in [0.4, 0.5) is 17.8 Å². The van der Waals surface area contributed by atoms with Gasteiger partial charge in [-0.15, -0.1) is 11.3 Å². The minimum Gasteiger partial charge on any atom is -0.354 e. The first kappa shape index (κ1) is 14.4. The van der Waals surface area contributed by atoms with Crippen LogP contribution in [0.5, 0.6) is 0 Å². The van der Waals surface area contributed by atoms with Gasteiger partial charge < -0.3 is 15.5 Å². The molecule has 108 valence electrons. The van der Waals surface area contributed by atoms with Crippen LogP contribution < -0.4 is 15.5 Å². The topological polar surface area (TPSA) is 78.9 Å². The Hall–Kier alpha value is -1.96. The first-order valence-corrected chi connectivity index (χ1v) is 7.41. The van der Waals surface area contributed by atoms with E-state index >= 15 is 0 Å². The third-order valence-corrected chi connectivity index (χ3v) is 3.10. The van der Waals surface area contributed by atoms with Crippen LogP contribution in [0.25, 0.3) is 0 Å². The van der Waals surface area contributed by atoms with Crippen molar-refractivity contribution in [2.45, 2.75) is 19.9 Å². The molecule has 2 heterocycles. The lowest BCUT2D eigenvalue weighted by Gasteiger charge is -2.13. The van der Waals surface area contributed by atoms with Crippen molar-refractivity contribution in [2.75, 3.05) is 36.2 Å². The second-order valence-electron chi connectivity index (χ2n) is 4.44. The molecule has 0 aliphatic rings. The van der Waals surface area contributed by atoms with Crippen LogP contribution in [-0.4, -0.2) is 40.6 Å². The minimum atomic E-state index is 0.551. The van der Waals surface area contributed by atoms with E-state index in [1.54, 1.807) is 11.3 Å². The van der Waals surface area contributed by atoms with Gasteiger partial charge >= 0.3 is 0 Å². The predicted molar refractivity (Wildman–Crippen MR) is 82.4 cm³/mol. The van der Waals surface area contributed by atoms with E-state index < -0.39 is 0 Å². The highest BCUT2D eigenvalue weighted by atomic mass is 32.1. The number of hydrogen-bond acceptors (Lipinski definition) is 8. The summed E-state index contributed by atoms with van der Waals surface area (Å²) in [4.78, 5) is 19.2. The average Bonchev–Trinajstić information content (AvgIpc) is 2.96. The zero-order valence-electron chi connectivity index (χ0n) is 11.9. The Balaban J connectivity index is 2.11. The van der Waals surface area contributed by atoms with Gasteiger partial charge in [0.1, 0.15) is 0 Å². The zero-order valence-corrected chi connectivity index (χ0v) is 12.7. The molecule has 2 aromatic heterocycles. The first-order chi connectivity index (χ1) is 9.69. The molecule has 8 heteroatoms. The molecule has 2 N–H and O–H groups in total. The van der Waals surface area contributed by atoms with Crippen LogP contribution in [0.3, 0.4) is 0 Å². The van der Waals surface area contributed by atoms with Gasteiger partial charge in [0.25, 0.3) is 0 Å². The highest BCUT2D eigenvalue weighted by molar-refractivity contribution is 7.07. The third kappa shape index (κ3) is 4.02. The molecule has 0 atom stereocenters. The molecule has 20 heavy (non-hydrogen) atoms. The summed E-state index contributed by atoms with van der Waals surface area (Å²) in [6.07, 6.45) is 1.02. The number of thiazole rings is 1. The Kier molecular flexibility index (Phi) is 5.05. The van der Waals surface area contributed by atoms with Crippen molar-refractivity contribution in [1.29, 1.82) is 0 Å². The number of rotatable bonds is 7. The van der Waals surface area contributed by atoms with Crippen LogP contribution in [0, 0.1) is 0 Å². The van der Waals surface area contributed by atoms with Gasteiger partial charge in [-0.1, -0.05) is 6.92 Å². The number of nitrogens with zero attached hydrogens (tertiary/aromatic N) is 5. The molecule has 0 radical (unpaired) electrons. The molecule has 2 aromatic rings. The smallest absolute Gasteiger partial charge is 0.231 e. The molecule has 2 rings (SSSR count). The number of hydrogen-bond donors (Lipinski definition) is 2. The van der Waals surface area contributed by atoms with Crippen LogP contribution in [-0.2, 0) is 6.54 Å². The van der Waals surface area contributed by atoms with Crippen molar-refractivity contribution >= 4 is 29.2 Å². The molecule has 0 unspecified atom stereocenters.